The Balaban J connectivity index is 2.37. The first-order valence-corrected chi connectivity index (χ1v) is 6.47. The van der Waals surface area contributed by atoms with Crippen LogP contribution < -0.4 is 5.73 Å². The van der Waals surface area contributed by atoms with Crippen LogP contribution in [-0.2, 0) is 0 Å². The van der Waals surface area contributed by atoms with Crippen LogP contribution in [0.1, 0.15) is 11.3 Å². The van der Waals surface area contributed by atoms with Crippen LogP contribution in [0.2, 0.25) is 0 Å². The maximum atomic E-state index is 6.02. The Morgan fingerprint density at radius 1 is 1.18 bits per heavy atom. The van der Waals surface area contributed by atoms with Crippen LogP contribution in [0.3, 0.4) is 0 Å². The second-order valence-electron chi connectivity index (χ2n) is 4.38. The van der Waals surface area contributed by atoms with E-state index in [1.54, 1.807) is 11.3 Å². The van der Waals surface area contributed by atoms with Gasteiger partial charge in [-0.15, -0.1) is 11.3 Å². The Kier molecular flexibility index (Phi) is 2.23. The molecule has 0 atom stereocenters. The summed E-state index contributed by atoms with van der Waals surface area (Å²) >= 11 is 1.70. The van der Waals surface area contributed by atoms with E-state index in [1.165, 1.54) is 27.7 Å². The van der Waals surface area contributed by atoms with E-state index >= 15 is 0 Å². The summed E-state index contributed by atoms with van der Waals surface area (Å²) in [5.74, 6) is 0. The molecule has 0 aliphatic rings. The highest BCUT2D eigenvalue weighted by Crippen LogP contribution is 2.38. The first kappa shape index (κ1) is 10.4. The van der Waals surface area contributed by atoms with Crippen molar-refractivity contribution in [3.63, 3.8) is 0 Å². The number of thiophene rings is 1. The van der Waals surface area contributed by atoms with Crippen molar-refractivity contribution in [1.82, 2.24) is 4.98 Å². The van der Waals surface area contributed by atoms with Gasteiger partial charge in [0.2, 0.25) is 0 Å². The third-order valence-corrected chi connectivity index (χ3v) is 4.01. The van der Waals surface area contributed by atoms with E-state index in [4.69, 9.17) is 5.73 Å². The Bertz CT molecular complexity index is 691. The van der Waals surface area contributed by atoms with Gasteiger partial charge in [0.25, 0.3) is 0 Å². The van der Waals surface area contributed by atoms with E-state index in [9.17, 15) is 0 Å². The lowest BCUT2D eigenvalue weighted by Gasteiger charge is -2.00. The van der Waals surface area contributed by atoms with Gasteiger partial charge in [0.15, 0.2) is 0 Å². The van der Waals surface area contributed by atoms with Gasteiger partial charge >= 0.3 is 0 Å². The number of hydrogen-bond acceptors (Lipinski definition) is 2. The molecule has 3 rings (SSSR count). The number of benzene rings is 1. The molecule has 0 saturated carbocycles. The lowest BCUT2D eigenvalue weighted by atomic mass is 10.1. The zero-order valence-electron chi connectivity index (χ0n) is 9.87. The molecular weight excluding hydrogens is 228 g/mol. The number of H-pyrrole nitrogens is 1. The van der Waals surface area contributed by atoms with E-state index in [0.29, 0.717) is 0 Å². The fourth-order valence-corrected chi connectivity index (χ4v) is 3.20. The monoisotopic (exact) mass is 242 g/mol. The summed E-state index contributed by atoms with van der Waals surface area (Å²) in [5.41, 5.74) is 11.8. The molecule has 0 saturated heterocycles. The zero-order chi connectivity index (χ0) is 12.0. The number of nitrogen functional groups attached to an aromatic ring is 1. The first-order chi connectivity index (χ1) is 8.16. The first-order valence-electron chi connectivity index (χ1n) is 5.59. The Morgan fingerprint density at radius 2 is 2.00 bits per heavy atom. The molecule has 3 heteroatoms. The largest absolute Gasteiger partial charge is 0.398 e. The van der Waals surface area contributed by atoms with Crippen LogP contribution in [0.15, 0.2) is 29.6 Å². The van der Waals surface area contributed by atoms with E-state index in [-0.39, 0.29) is 0 Å². The van der Waals surface area contributed by atoms with Crippen molar-refractivity contribution < 1.29 is 0 Å². The minimum atomic E-state index is 0.861. The molecule has 0 amide bonds. The Labute approximate surface area is 104 Å². The number of aryl methyl sites for hydroxylation is 2. The molecule has 17 heavy (non-hydrogen) atoms. The molecular formula is C14H14N2S. The Hall–Kier alpha value is -1.74. The molecule has 2 heterocycles. The molecule has 0 radical (unpaired) electrons. The van der Waals surface area contributed by atoms with Crippen LogP contribution in [0.25, 0.3) is 21.3 Å². The fraction of sp³-hybridized carbons (Fsp3) is 0.143. The maximum absolute atomic E-state index is 6.02. The second kappa shape index (κ2) is 3.64. The third kappa shape index (κ3) is 1.54. The number of anilines is 1. The van der Waals surface area contributed by atoms with Gasteiger partial charge in [0.05, 0.1) is 10.6 Å². The highest BCUT2D eigenvalue weighted by Gasteiger charge is 2.13. The molecule has 2 nitrogen and oxygen atoms in total. The van der Waals surface area contributed by atoms with Crippen LogP contribution in [0, 0.1) is 13.8 Å². The van der Waals surface area contributed by atoms with Crippen molar-refractivity contribution in [1.29, 1.82) is 0 Å². The quantitative estimate of drug-likeness (QED) is 0.663. The number of hydrogen-bond donors (Lipinski definition) is 2. The highest BCUT2D eigenvalue weighted by molar-refractivity contribution is 7.14. The van der Waals surface area contributed by atoms with Gasteiger partial charge in [-0.3, -0.25) is 0 Å². The molecule has 86 valence electrons. The summed E-state index contributed by atoms with van der Waals surface area (Å²) in [6, 6.07) is 8.45. The topological polar surface area (TPSA) is 41.8 Å². The summed E-state index contributed by atoms with van der Waals surface area (Å²) in [4.78, 5) is 4.60. The third-order valence-electron chi connectivity index (χ3n) is 3.06. The lowest BCUT2D eigenvalue weighted by molar-refractivity contribution is 1.30. The van der Waals surface area contributed by atoms with E-state index < -0.39 is 0 Å². The van der Waals surface area contributed by atoms with Crippen LogP contribution in [0.5, 0.6) is 0 Å². The van der Waals surface area contributed by atoms with Gasteiger partial charge in [-0.1, -0.05) is 12.1 Å². The lowest BCUT2D eigenvalue weighted by Crippen LogP contribution is -1.84. The van der Waals surface area contributed by atoms with E-state index in [0.717, 1.165) is 10.6 Å². The SMILES string of the molecule is Cc1ccc2c(-c3sccc3N)c(C)[nH]c2c1. The Morgan fingerprint density at radius 3 is 2.71 bits per heavy atom. The number of rotatable bonds is 1. The summed E-state index contributed by atoms with van der Waals surface area (Å²) < 4.78 is 0. The summed E-state index contributed by atoms with van der Waals surface area (Å²) in [5, 5.41) is 3.29. The molecule has 0 bridgehead atoms. The summed E-state index contributed by atoms with van der Waals surface area (Å²) in [6.07, 6.45) is 0. The summed E-state index contributed by atoms with van der Waals surface area (Å²) in [7, 11) is 0. The maximum Gasteiger partial charge on any atom is 0.0596 e. The number of aromatic nitrogens is 1. The normalized spacial score (nSPS) is 11.2. The van der Waals surface area contributed by atoms with Gasteiger partial charge in [0.1, 0.15) is 0 Å². The smallest absolute Gasteiger partial charge is 0.0596 e. The average Bonchev–Trinajstić information content (AvgIpc) is 2.80. The minimum absolute atomic E-state index is 0.861. The van der Waals surface area contributed by atoms with Gasteiger partial charge < -0.3 is 10.7 Å². The van der Waals surface area contributed by atoms with E-state index in [1.807, 2.05) is 11.4 Å². The second-order valence-corrected chi connectivity index (χ2v) is 5.30. The van der Waals surface area contributed by atoms with Crippen molar-refractivity contribution in [2.24, 2.45) is 0 Å². The van der Waals surface area contributed by atoms with Crippen molar-refractivity contribution in [3.8, 4) is 10.4 Å². The standard InChI is InChI=1S/C14H14N2S/c1-8-3-4-10-12(7-8)16-9(2)13(10)14-11(15)5-6-17-14/h3-7,16H,15H2,1-2H3. The van der Waals surface area contributed by atoms with Gasteiger partial charge in [-0.05, 0) is 36.9 Å². The number of aromatic amines is 1. The van der Waals surface area contributed by atoms with Crippen LogP contribution in [-0.4, -0.2) is 4.98 Å². The van der Waals surface area contributed by atoms with E-state index in [2.05, 4.69) is 37.0 Å². The van der Waals surface area contributed by atoms with Gasteiger partial charge in [-0.2, -0.15) is 0 Å². The molecule has 3 aromatic rings. The van der Waals surface area contributed by atoms with Crippen molar-refractivity contribution >= 4 is 27.9 Å². The fourth-order valence-electron chi connectivity index (χ4n) is 2.26. The average molecular weight is 242 g/mol. The molecule has 0 aliphatic heterocycles. The van der Waals surface area contributed by atoms with Crippen LogP contribution >= 0.6 is 11.3 Å². The predicted molar refractivity (Wildman–Crippen MR) is 75.5 cm³/mol. The molecule has 0 aliphatic carbocycles. The van der Waals surface area contributed by atoms with Gasteiger partial charge in [0, 0.05) is 22.2 Å². The molecule has 3 N–H and O–H groups in total. The molecule has 0 fully saturated rings. The predicted octanol–water partition coefficient (Wildman–Crippen LogP) is 4.10. The number of nitrogens with two attached hydrogens (primary N) is 1. The molecule has 2 aromatic heterocycles. The van der Waals surface area contributed by atoms with Crippen molar-refractivity contribution in [2.75, 3.05) is 5.73 Å². The van der Waals surface area contributed by atoms with Gasteiger partial charge in [-0.25, -0.2) is 0 Å². The van der Waals surface area contributed by atoms with Crippen LogP contribution in [0.4, 0.5) is 5.69 Å². The van der Waals surface area contributed by atoms with Crippen molar-refractivity contribution in [3.05, 3.63) is 40.9 Å². The zero-order valence-corrected chi connectivity index (χ0v) is 10.7. The summed E-state index contributed by atoms with van der Waals surface area (Å²) in [6.45, 7) is 4.21. The number of nitrogens with one attached hydrogen (secondary N) is 1. The highest BCUT2D eigenvalue weighted by atomic mass is 32.1. The molecule has 0 unspecified atom stereocenters. The molecule has 1 aromatic carbocycles. The van der Waals surface area contributed by atoms with Crippen molar-refractivity contribution in [2.45, 2.75) is 13.8 Å². The minimum Gasteiger partial charge on any atom is -0.398 e. The molecule has 0 spiro atoms. The number of fused-ring (bicyclic) bond motifs is 1.